The molecule has 1 aromatic carbocycles. The normalized spacial score (nSPS) is 10.8. The lowest BCUT2D eigenvalue weighted by atomic mass is 10.2. The van der Waals surface area contributed by atoms with E-state index in [0.717, 1.165) is 22.3 Å². The van der Waals surface area contributed by atoms with Crippen LogP contribution in [0.4, 0.5) is 11.5 Å². The van der Waals surface area contributed by atoms with Crippen molar-refractivity contribution in [2.75, 3.05) is 11.9 Å². The van der Waals surface area contributed by atoms with Gasteiger partial charge in [-0.25, -0.2) is 4.98 Å². The van der Waals surface area contributed by atoms with E-state index in [9.17, 15) is 0 Å². The molecule has 0 amide bonds. The lowest BCUT2D eigenvalue weighted by Gasteiger charge is -2.07. The van der Waals surface area contributed by atoms with E-state index in [2.05, 4.69) is 33.4 Å². The molecule has 0 radical (unpaired) electrons. The number of nitrogens with zero attached hydrogens (tertiary/aromatic N) is 4. The van der Waals surface area contributed by atoms with Crippen molar-refractivity contribution >= 4 is 22.4 Å². The van der Waals surface area contributed by atoms with Crippen LogP contribution >= 0.6 is 0 Å². The molecule has 2 aromatic heterocycles. The summed E-state index contributed by atoms with van der Waals surface area (Å²) < 4.78 is 7.18. The number of rotatable bonds is 4. The summed E-state index contributed by atoms with van der Waals surface area (Å²) in [5.74, 6) is 0.695. The zero-order chi connectivity index (χ0) is 14.8. The van der Waals surface area contributed by atoms with Crippen LogP contribution in [0.1, 0.15) is 12.6 Å². The van der Waals surface area contributed by atoms with E-state index in [1.807, 2.05) is 30.8 Å². The zero-order valence-corrected chi connectivity index (χ0v) is 12.3. The Balaban J connectivity index is 1.89. The highest BCUT2D eigenvalue weighted by Crippen LogP contribution is 2.23. The molecule has 1 N–H and O–H groups in total. The number of anilines is 2. The first kappa shape index (κ1) is 13.4. The van der Waals surface area contributed by atoms with E-state index in [4.69, 9.17) is 4.74 Å². The second-order valence-electron chi connectivity index (χ2n) is 4.72. The molecule has 0 atom stereocenters. The molecule has 6 nitrogen and oxygen atoms in total. The minimum absolute atomic E-state index is 0.372. The van der Waals surface area contributed by atoms with Crippen LogP contribution in [-0.2, 0) is 7.05 Å². The molecule has 0 saturated carbocycles. The van der Waals surface area contributed by atoms with Crippen LogP contribution in [0.2, 0.25) is 0 Å². The molecule has 3 rings (SSSR count). The first-order valence-electron chi connectivity index (χ1n) is 6.83. The fourth-order valence-corrected chi connectivity index (χ4v) is 2.17. The highest BCUT2D eigenvalue weighted by Gasteiger charge is 2.06. The van der Waals surface area contributed by atoms with E-state index in [1.165, 1.54) is 0 Å². The van der Waals surface area contributed by atoms with Crippen LogP contribution in [0.15, 0.2) is 30.5 Å². The standard InChI is InChI=1S/C15H17N5O/c1-4-21-15-16-8-7-14(18-15)17-11-5-6-12-10(2)20(3)19-13(12)9-11/h5-9H,4H2,1-3H3,(H,16,17,18). The van der Waals surface area contributed by atoms with E-state index >= 15 is 0 Å². The molecule has 0 fully saturated rings. The van der Waals surface area contributed by atoms with Crippen molar-refractivity contribution in [1.29, 1.82) is 0 Å². The van der Waals surface area contributed by atoms with Gasteiger partial charge in [0.05, 0.1) is 12.1 Å². The molecule has 0 aliphatic rings. The maximum atomic E-state index is 5.30. The lowest BCUT2D eigenvalue weighted by molar-refractivity contribution is 0.313. The monoisotopic (exact) mass is 283 g/mol. The third-order valence-electron chi connectivity index (χ3n) is 3.31. The minimum Gasteiger partial charge on any atom is -0.464 e. The summed E-state index contributed by atoms with van der Waals surface area (Å²) in [4.78, 5) is 8.34. The number of aromatic nitrogens is 4. The fraction of sp³-hybridized carbons (Fsp3) is 0.267. The molecular formula is C15H17N5O. The molecule has 0 aliphatic carbocycles. The molecular weight excluding hydrogens is 266 g/mol. The summed E-state index contributed by atoms with van der Waals surface area (Å²) in [6.45, 7) is 4.50. The van der Waals surface area contributed by atoms with Gasteiger partial charge in [0, 0.05) is 30.0 Å². The third-order valence-corrected chi connectivity index (χ3v) is 3.31. The Morgan fingerprint density at radius 1 is 1.29 bits per heavy atom. The van der Waals surface area contributed by atoms with Gasteiger partial charge in [-0.3, -0.25) is 4.68 Å². The lowest BCUT2D eigenvalue weighted by Crippen LogP contribution is -2.00. The Morgan fingerprint density at radius 2 is 2.14 bits per heavy atom. The quantitative estimate of drug-likeness (QED) is 0.797. The van der Waals surface area contributed by atoms with E-state index in [-0.39, 0.29) is 0 Å². The van der Waals surface area contributed by atoms with Crippen molar-refractivity contribution in [3.63, 3.8) is 0 Å². The Bertz CT molecular complexity index is 781. The number of nitrogens with one attached hydrogen (secondary N) is 1. The summed E-state index contributed by atoms with van der Waals surface area (Å²) in [6.07, 6.45) is 1.67. The summed E-state index contributed by atoms with van der Waals surface area (Å²) in [6, 6.07) is 8.25. The Kier molecular flexibility index (Phi) is 3.43. The van der Waals surface area contributed by atoms with Crippen molar-refractivity contribution in [1.82, 2.24) is 19.7 Å². The summed E-state index contributed by atoms with van der Waals surface area (Å²) in [7, 11) is 1.95. The van der Waals surface area contributed by atoms with Crippen molar-refractivity contribution in [2.24, 2.45) is 7.05 Å². The Labute approximate surface area is 122 Å². The van der Waals surface area contributed by atoms with Crippen LogP contribution < -0.4 is 10.1 Å². The van der Waals surface area contributed by atoms with Gasteiger partial charge >= 0.3 is 6.01 Å². The maximum absolute atomic E-state index is 5.30. The first-order valence-corrected chi connectivity index (χ1v) is 6.83. The van der Waals surface area contributed by atoms with Crippen LogP contribution in [-0.4, -0.2) is 26.4 Å². The van der Waals surface area contributed by atoms with Crippen LogP contribution in [0, 0.1) is 6.92 Å². The van der Waals surface area contributed by atoms with Gasteiger partial charge in [-0.15, -0.1) is 0 Å². The van der Waals surface area contributed by atoms with Gasteiger partial charge in [-0.2, -0.15) is 10.1 Å². The maximum Gasteiger partial charge on any atom is 0.318 e. The number of ether oxygens (including phenoxy) is 1. The van der Waals surface area contributed by atoms with Gasteiger partial charge < -0.3 is 10.1 Å². The van der Waals surface area contributed by atoms with E-state index in [0.29, 0.717) is 18.4 Å². The second kappa shape index (κ2) is 5.40. The van der Waals surface area contributed by atoms with Gasteiger partial charge in [0.1, 0.15) is 5.82 Å². The van der Waals surface area contributed by atoms with Crippen LogP contribution in [0.25, 0.3) is 10.9 Å². The van der Waals surface area contributed by atoms with Crippen molar-refractivity contribution in [3.8, 4) is 6.01 Å². The highest BCUT2D eigenvalue weighted by atomic mass is 16.5. The molecule has 21 heavy (non-hydrogen) atoms. The first-order chi connectivity index (χ1) is 10.2. The molecule has 0 spiro atoms. The molecule has 0 aliphatic heterocycles. The highest BCUT2D eigenvalue weighted by molar-refractivity contribution is 5.85. The van der Waals surface area contributed by atoms with Crippen molar-refractivity contribution < 1.29 is 4.74 Å². The number of benzene rings is 1. The number of aryl methyl sites for hydroxylation is 2. The average Bonchev–Trinajstić information content (AvgIpc) is 2.74. The van der Waals surface area contributed by atoms with Gasteiger partial charge in [0.2, 0.25) is 0 Å². The minimum atomic E-state index is 0.372. The second-order valence-corrected chi connectivity index (χ2v) is 4.72. The average molecular weight is 283 g/mol. The van der Waals surface area contributed by atoms with Crippen molar-refractivity contribution in [3.05, 3.63) is 36.2 Å². The van der Waals surface area contributed by atoms with Crippen molar-refractivity contribution in [2.45, 2.75) is 13.8 Å². The SMILES string of the molecule is CCOc1nccc(Nc2ccc3c(C)n(C)nc3c2)n1. The van der Waals surface area contributed by atoms with E-state index in [1.54, 1.807) is 12.3 Å². The van der Waals surface area contributed by atoms with Crippen LogP contribution in [0.5, 0.6) is 6.01 Å². The molecule has 0 unspecified atom stereocenters. The topological polar surface area (TPSA) is 64.9 Å². The predicted octanol–water partition coefficient (Wildman–Crippen LogP) is 2.81. The molecule has 2 heterocycles. The smallest absolute Gasteiger partial charge is 0.318 e. The van der Waals surface area contributed by atoms with Gasteiger partial charge in [-0.1, -0.05) is 0 Å². The van der Waals surface area contributed by atoms with Gasteiger partial charge in [0.25, 0.3) is 0 Å². The molecule has 6 heteroatoms. The number of hydrogen-bond acceptors (Lipinski definition) is 5. The fourth-order valence-electron chi connectivity index (χ4n) is 2.17. The largest absolute Gasteiger partial charge is 0.464 e. The van der Waals surface area contributed by atoms with Gasteiger partial charge in [-0.05, 0) is 38.1 Å². The summed E-state index contributed by atoms with van der Waals surface area (Å²) in [5, 5.41) is 8.88. The summed E-state index contributed by atoms with van der Waals surface area (Å²) >= 11 is 0. The molecule has 0 saturated heterocycles. The molecule has 108 valence electrons. The zero-order valence-electron chi connectivity index (χ0n) is 12.3. The number of fused-ring (bicyclic) bond motifs is 1. The molecule has 3 aromatic rings. The molecule has 0 bridgehead atoms. The Morgan fingerprint density at radius 3 is 2.95 bits per heavy atom. The summed E-state index contributed by atoms with van der Waals surface area (Å²) in [5.41, 5.74) is 3.04. The van der Waals surface area contributed by atoms with E-state index < -0.39 is 0 Å². The number of hydrogen-bond donors (Lipinski definition) is 1. The Hall–Kier alpha value is -2.63. The predicted molar refractivity (Wildman–Crippen MR) is 81.9 cm³/mol. The third kappa shape index (κ3) is 2.65. The van der Waals surface area contributed by atoms with Gasteiger partial charge in [0.15, 0.2) is 0 Å². The van der Waals surface area contributed by atoms with Crippen LogP contribution in [0.3, 0.4) is 0 Å².